The summed E-state index contributed by atoms with van der Waals surface area (Å²) in [5.41, 5.74) is 7.89. The molecular formula is C26H26FN3O3S2. The number of thiophene rings is 1. The minimum Gasteiger partial charge on any atom is -0.336 e. The Bertz CT molecular complexity index is 1410. The van der Waals surface area contributed by atoms with Gasteiger partial charge in [-0.15, -0.1) is 11.3 Å². The monoisotopic (exact) mass is 511 g/mol. The Labute approximate surface area is 208 Å². The van der Waals surface area contributed by atoms with Crippen molar-refractivity contribution in [2.75, 3.05) is 13.1 Å². The summed E-state index contributed by atoms with van der Waals surface area (Å²) in [5, 5.41) is 8.54. The van der Waals surface area contributed by atoms with Crippen LogP contribution in [0.2, 0.25) is 0 Å². The Morgan fingerprint density at radius 2 is 1.86 bits per heavy atom. The van der Waals surface area contributed by atoms with E-state index in [1.807, 2.05) is 6.07 Å². The molecule has 0 aliphatic carbocycles. The van der Waals surface area contributed by atoms with Gasteiger partial charge in [-0.3, -0.25) is 4.79 Å². The molecule has 2 aromatic carbocycles. The van der Waals surface area contributed by atoms with Gasteiger partial charge >= 0.3 is 0 Å². The van der Waals surface area contributed by atoms with Crippen molar-refractivity contribution in [2.24, 2.45) is 5.73 Å². The molecule has 1 fully saturated rings. The predicted octanol–water partition coefficient (Wildman–Crippen LogP) is 4.84. The third-order valence-corrected chi connectivity index (χ3v) is 9.50. The molecule has 1 aliphatic heterocycles. The topological polar surface area (TPSA) is 104 Å². The molecule has 4 rings (SSSR count). The van der Waals surface area contributed by atoms with Crippen LogP contribution in [0.3, 0.4) is 0 Å². The first-order valence-corrected chi connectivity index (χ1v) is 13.7. The first kappa shape index (κ1) is 25.0. The van der Waals surface area contributed by atoms with Crippen LogP contribution in [-0.4, -0.2) is 43.6 Å². The lowest BCUT2D eigenvalue weighted by Crippen LogP contribution is -2.45. The summed E-state index contributed by atoms with van der Waals surface area (Å²) in [5.74, 6) is -0.777. The van der Waals surface area contributed by atoms with Crippen LogP contribution in [0.25, 0.3) is 21.6 Å². The average Bonchev–Trinajstić information content (AvgIpc) is 3.29. The summed E-state index contributed by atoms with van der Waals surface area (Å²) < 4.78 is 39.5. The summed E-state index contributed by atoms with van der Waals surface area (Å²) in [7, 11) is -3.43. The summed E-state index contributed by atoms with van der Waals surface area (Å²) in [6.07, 6.45) is 1.71. The first-order valence-electron chi connectivity index (χ1n) is 11.3. The summed E-state index contributed by atoms with van der Waals surface area (Å²) >= 11 is 1.28. The lowest BCUT2D eigenvalue weighted by Gasteiger charge is -2.30. The van der Waals surface area contributed by atoms with Gasteiger partial charge in [-0.2, -0.15) is 5.26 Å². The largest absolute Gasteiger partial charge is 0.336 e. The van der Waals surface area contributed by atoms with Crippen LogP contribution in [0.15, 0.2) is 53.4 Å². The molecular weight excluding hydrogens is 485 g/mol. The van der Waals surface area contributed by atoms with E-state index < -0.39 is 20.9 Å². The van der Waals surface area contributed by atoms with Crippen molar-refractivity contribution in [3.8, 4) is 27.6 Å². The molecule has 1 unspecified atom stereocenters. The van der Waals surface area contributed by atoms with Gasteiger partial charge in [-0.05, 0) is 68.1 Å². The van der Waals surface area contributed by atoms with Crippen LogP contribution in [0, 0.1) is 17.1 Å². The van der Waals surface area contributed by atoms with E-state index in [-0.39, 0.29) is 22.4 Å². The Kier molecular flexibility index (Phi) is 7.08. The van der Waals surface area contributed by atoms with Gasteiger partial charge in [0.1, 0.15) is 11.9 Å². The molecule has 1 atom stereocenters. The number of hydrogen-bond acceptors (Lipinski definition) is 6. The molecule has 2 heterocycles. The van der Waals surface area contributed by atoms with Crippen LogP contribution < -0.4 is 5.73 Å². The number of hydrogen-bond donors (Lipinski definition) is 1. The minimum atomic E-state index is -3.43. The standard InChI is InChI=1S/C26H26FN3O3S2/c1-16(2)35(32,33)21-9-7-17(8-10-21)25-22(18-5-6-19(14-28)23(27)12-18)13-24(34-25)26(31)30-11-3-4-20(29)15-30/h5-10,12-13,16,20H,3-4,11,15,29H2,1-2H3. The minimum absolute atomic E-state index is 0.0605. The van der Waals surface area contributed by atoms with E-state index in [0.29, 0.717) is 39.5 Å². The van der Waals surface area contributed by atoms with Gasteiger partial charge in [0.25, 0.3) is 5.91 Å². The maximum Gasteiger partial charge on any atom is 0.264 e. The Morgan fingerprint density at radius 3 is 2.46 bits per heavy atom. The molecule has 0 radical (unpaired) electrons. The number of benzene rings is 2. The Hall–Kier alpha value is -3.06. The highest BCUT2D eigenvalue weighted by molar-refractivity contribution is 7.92. The number of nitrogens with zero attached hydrogens (tertiary/aromatic N) is 2. The second kappa shape index (κ2) is 9.90. The van der Waals surface area contributed by atoms with E-state index in [2.05, 4.69) is 0 Å². The predicted molar refractivity (Wildman–Crippen MR) is 135 cm³/mol. The molecule has 9 heteroatoms. The normalized spacial score (nSPS) is 16.3. The zero-order valence-corrected chi connectivity index (χ0v) is 21.1. The fourth-order valence-corrected chi connectivity index (χ4v) is 6.33. The van der Waals surface area contributed by atoms with Gasteiger partial charge in [-0.25, -0.2) is 12.8 Å². The van der Waals surface area contributed by atoms with Crippen molar-refractivity contribution < 1.29 is 17.6 Å². The fourth-order valence-electron chi connectivity index (χ4n) is 4.12. The van der Waals surface area contributed by atoms with Crippen molar-refractivity contribution in [2.45, 2.75) is 42.9 Å². The van der Waals surface area contributed by atoms with Crippen molar-refractivity contribution in [1.82, 2.24) is 4.90 Å². The number of nitrogens with two attached hydrogens (primary N) is 1. The molecule has 0 bridgehead atoms. The number of rotatable bonds is 5. The van der Waals surface area contributed by atoms with E-state index in [1.165, 1.54) is 23.5 Å². The van der Waals surface area contributed by atoms with Gasteiger partial charge < -0.3 is 10.6 Å². The van der Waals surface area contributed by atoms with E-state index in [0.717, 1.165) is 12.8 Å². The maximum atomic E-state index is 14.5. The average molecular weight is 512 g/mol. The molecule has 1 aromatic heterocycles. The summed E-state index contributed by atoms with van der Waals surface area (Å²) in [6.45, 7) is 4.37. The molecule has 6 nitrogen and oxygen atoms in total. The molecule has 35 heavy (non-hydrogen) atoms. The Morgan fingerprint density at radius 1 is 1.17 bits per heavy atom. The number of carbonyl (C=O) groups is 1. The molecule has 2 N–H and O–H groups in total. The maximum absolute atomic E-state index is 14.5. The number of amides is 1. The molecule has 1 amide bonds. The molecule has 1 aliphatic rings. The fraction of sp³-hybridized carbons (Fsp3) is 0.308. The zero-order valence-electron chi connectivity index (χ0n) is 19.5. The van der Waals surface area contributed by atoms with Gasteiger partial charge in [-0.1, -0.05) is 18.2 Å². The zero-order chi connectivity index (χ0) is 25.3. The van der Waals surface area contributed by atoms with E-state index in [1.54, 1.807) is 55.1 Å². The second-order valence-electron chi connectivity index (χ2n) is 8.93. The highest BCUT2D eigenvalue weighted by atomic mass is 32.2. The lowest BCUT2D eigenvalue weighted by atomic mass is 10.0. The van der Waals surface area contributed by atoms with Crippen molar-refractivity contribution in [1.29, 1.82) is 5.26 Å². The third-order valence-electron chi connectivity index (χ3n) is 6.15. The Balaban J connectivity index is 1.80. The number of carbonyl (C=O) groups excluding carboxylic acids is 1. The van der Waals surface area contributed by atoms with Crippen molar-refractivity contribution in [3.63, 3.8) is 0 Å². The lowest BCUT2D eigenvalue weighted by molar-refractivity contribution is 0.0713. The third kappa shape index (κ3) is 5.01. The van der Waals surface area contributed by atoms with E-state index in [4.69, 9.17) is 11.0 Å². The molecule has 3 aromatic rings. The summed E-state index contributed by atoms with van der Waals surface area (Å²) in [4.78, 5) is 16.5. The van der Waals surface area contributed by atoms with Crippen LogP contribution in [0.4, 0.5) is 4.39 Å². The quantitative estimate of drug-likeness (QED) is 0.528. The molecule has 182 valence electrons. The van der Waals surface area contributed by atoms with E-state index in [9.17, 15) is 17.6 Å². The summed E-state index contributed by atoms with van der Waals surface area (Å²) in [6, 6.07) is 14.4. The molecule has 1 saturated heterocycles. The highest BCUT2D eigenvalue weighted by Crippen LogP contribution is 2.41. The van der Waals surface area contributed by atoms with Crippen LogP contribution in [-0.2, 0) is 9.84 Å². The first-order chi connectivity index (χ1) is 16.6. The SMILES string of the molecule is CC(C)S(=O)(=O)c1ccc(-c2sc(C(=O)N3CCCC(N)C3)cc2-c2ccc(C#N)c(F)c2)cc1. The molecule has 0 saturated carbocycles. The molecule has 0 spiro atoms. The second-order valence-corrected chi connectivity index (χ2v) is 12.5. The van der Waals surface area contributed by atoms with Gasteiger partial charge in [0.05, 0.1) is 20.6 Å². The van der Waals surface area contributed by atoms with Crippen molar-refractivity contribution >= 4 is 27.1 Å². The van der Waals surface area contributed by atoms with Crippen LogP contribution in [0.1, 0.15) is 41.9 Å². The number of sulfone groups is 1. The number of nitriles is 1. The van der Waals surface area contributed by atoms with Crippen molar-refractivity contribution in [3.05, 3.63) is 64.8 Å². The van der Waals surface area contributed by atoms with E-state index >= 15 is 0 Å². The highest BCUT2D eigenvalue weighted by Gasteiger charge is 2.26. The number of likely N-dealkylation sites (tertiary alicyclic amines) is 1. The smallest absolute Gasteiger partial charge is 0.264 e. The number of halogens is 1. The number of piperidine rings is 1. The van der Waals surface area contributed by atoms with Gasteiger partial charge in [0.15, 0.2) is 9.84 Å². The van der Waals surface area contributed by atoms with Gasteiger partial charge in [0.2, 0.25) is 0 Å². The van der Waals surface area contributed by atoms with Crippen LogP contribution in [0.5, 0.6) is 0 Å². The van der Waals surface area contributed by atoms with Crippen LogP contribution >= 0.6 is 11.3 Å². The van der Waals surface area contributed by atoms with Gasteiger partial charge in [0, 0.05) is 29.6 Å².